The Kier molecular flexibility index (Phi) is 4.27. The summed E-state index contributed by atoms with van der Waals surface area (Å²) in [6.45, 7) is 2.05. The van der Waals surface area contributed by atoms with Gasteiger partial charge in [-0.25, -0.2) is 0 Å². The van der Waals surface area contributed by atoms with E-state index in [1.165, 1.54) is 0 Å². The molecule has 0 bridgehead atoms. The van der Waals surface area contributed by atoms with Crippen molar-refractivity contribution in [3.63, 3.8) is 0 Å². The van der Waals surface area contributed by atoms with Gasteiger partial charge in [0.15, 0.2) is 0 Å². The predicted octanol–water partition coefficient (Wildman–Crippen LogP) is 3.07. The van der Waals surface area contributed by atoms with Crippen LogP contribution in [0.5, 0.6) is 0 Å². The maximum Gasteiger partial charge on any atom is 0.306 e. The highest BCUT2D eigenvalue weighted by molar-refractivity contribution is 14.1. The van der Waals surface area contributed by atoms with Gasteiger partial charge >= 0.3 is 5.97 Å². The molecule has 3 nitrogen and oxygen atoms in total. The number of carboxylic acids is 1. The molecule has 1 aromatic rings. The van der Waals surface area contributed by atoms with E-state index in [2.05, 4.69) is 29.5 Å². The van der Waals surface area contributed by atoms with E-state index in [9.17, 15) is 15.0 Å². The molecule has 0 saturated heterocycles. The quantitative estimate of drug-likeness (QED) is 0.815. The molecule has 4 atom stereocenters. The Balaban J connectivity index is 2.19. The second kappa shape index (κ2) is 5.57. The van der Waals surface area contributed by atoms with Crippen LogP contribution in [-0.4, -0.2) is 16.2 Å². The zero-order valence-corrected chi connectivity index (χ0v) is 12.4. The third kappa shape index (κ3) is 2.85. The van der Waals surface area contributed by atoms with Crippen molar-refractivity contribution in [3.8, 4) is 0 Å². The van der Waals surface area contributed by atoms with Crippen LogP contribution in [-0.2, 0) is 4.79 Å². The number of carbonyl (C=O) groups is 1. The Bertz CT molecular complexity index is 429. The number of aliphatic hydroxyl groups is 1. The van der Waals surface area contributed by atoms with E-state index in [-0.39, 0.29) is 5.92 Å². The molecule has 18 heavy (non-hydrogen) atoms. The molecule has 1 aliphatic rings. The van der Waals surface area contributed by atoms with Crippen molar-refractivity contribution in [2.45, 2.75) is 25.9 Å². The van der Waals surface area contributed by atoms with Gasteiger partial charge in [0.05, 0.1) is 12.0 Å². The molecule has 0 heterocycles. The molecule has 4 unspecified atom stereocenters. The zero-order chi connectivity index (χ0) is 13.3. The minimum Gasteiger partial charge on any atom is -0.481 e. The normalized spacial score (nSPS) is 29.2. The largest absolute Gasteiger partial charge is 0.481 e. The highest BCUT2D eigenvalue weighted by Crippen LogP contribution is 2.43. The van der Waals surface area contributed by atoms with E-state index in [0.717, 1.165) is 15.6 Å². The zero-order valence-electron chi connectivity index (χ0n) is 10.2. The molecule has 0 aromatic heterocycles. The lowest BCUT2D eigenvalue weighted by atomic mass is 9.87. The third-order valence-electron chi connectivity index (χ3n) is 3.78. The van der Waals surface area contributed by atoms with Crippen molar-refractivity contribution in [2.75, 3.05) is 0 Å². The summed E-state index contributed by atoms with van der Waals surface area (Å²) in [5, 5.41) is 19.6. The first-order chi connectivity index (χ1) is 8.49. The smallest absolute Gasteiger partial charge is 0.306 e. The van der Waals surface area contributed by atoms with Crippen molar-refractivity contribution < 1.29 is 15.0 Å². The lowest BCUT2D eigenvalue weighted by Gasteiger charge is -2.22. The third-order valence-corrected chi connectivity index (χ3v) is 4.50. The van der Waals surface area contributed by atoms with Crippen LogP contribution in [0.3, 0.4) is 0 Å². The fraction of sp³-hybridized carbons (Fsp3) is 0.500. The minimum atomic E-state index is -0.783. The first kappa shape index (κ1) is 13.8. The highest BCUT2D eigenvalue weighted by atomic mass is 127. The summed E-state index contributed by atoms with van der Waals surface area (Å²) in [7, 11) is 0. The van der Waals surface area contributed by atoms with Gasteiger partial charge in [0.1, 0.15) is 0 Å². The second-order valence-corrected chi connectivity index (χ2v) is 6.43. The van der Waals surface area contributed by atoms with Crippen molar-refractivity contribution in [3.05, 3.63) is 33.4 Å². The Morgan fingerprint density at radius 2 is 1.94 bits per heavy atom. The van der Waals surface area contributed by atoms with Crippen LogP contribution >= 0.6 is 22.6 Å². The number of benzene rings is 1. The van der Waals surface area contributed by atoms with Gasteiger partial charge in [-0.2, -0.15) is 0 Å². The van der Waals surface area contributed by atoms with Gasteiger partial charge < -0.3 is 10.2 Å². The topological polar surface area (TPSA) is 57.5 Å². The highest BCUT2D eigenvalue weighted by Gasteiger charge is 2.41. The van der Waals surface area contributed by atoms with Crippen LogP contribution in [0.1, 0.15) is 31.4 Å². The van der Waals surface area contributed by atoms with Gasteiger partial charge in [0.25, 0.3) is 0 Å². The molecule has 0 radical (unpaired) electrons. The van der Waals surface area contributed by atoms with Crippen LogP contribution in [0.4, 0.5) is 0 Å². The average Bonchev–Trinajstić information content (AvgIpc) is 2.71. The van der Waals surface area contributed by atoms with Crippen LogP contribution in [0.2, 0.25) is 0 Å². The lowest BCUT2D eigenvalue weighted by molar-refractivity contribution is -0.144. The summed E-state index contributed by atoms with van der Waals surface area (Å²) in [4.78, 5) is 11.2. The molecule has 1 aliphatic carbocycles. The Hall–Kier alpha value is -0.620. The first-order valence-electron chi connectivity index (χ1n) is 6.15. The van der Waals surface area contributed by atoms with Crippen molar-refractivity contribution in [1.29, 1.82) is 0 Å². The molecule has 0 amide bonds. The van der Waals surface area contributed by atoms with Crippen LogP contribution in [0.15, 0.2) is 24.3 Å². The van der Waals surface area contributed by atoms with Crippen LogP contribution < -0.4 is 0 Å². The van der Waals surface area contributed by atoms with Gasteiger partial charge in [-0.05, 0) is 59.0 Å². The molecule has 1 fully saturated rings. The Labute approximate surface area is 120 Å². The van der Waals surface area contributed by atoms with E-state index in [4.69, 9.17) is 0 Å². The number of aliphatic carboxylic acids is 1. The van der Waals surface area contributed by atoms with E-state index in [0.29, 0.717) is 12.3 Å². The van der Waals surface area contributed by atoms with Gasteiger partial charge in [-0.15, -0.1) is 0 Å². The minimum absolute atomic E-state index is 0.169. The van der Waals surface area contributed by atoms with E-state index >= 15 is 0 Å². The molecular formula is C14H17IO3. The first-order valence-corrected chi connectivity index (χ1v) is 7.23. The summed E-state index contributed by atoms with van der Waals surface area (Å²) in [5.41, 5.74) is 0.820. The molecule has 2 N–H and O–H groups in total. The molecular weight excluding hydrogens is 343 g/mol. The van der Waals surface area contributed by atoms with Gasteiger partial charge in [0, 0.05) is 9.49 Å². The number of rotatable bonds is 3. The summed E-state index contributed by atoms with van der Waals surface area (Å²) < 4.78 is 1.11. The predicted molar refractivity (Wildman–Crippen MR) is 77.1 cm³/mol. The maximum absolute atomic E-state index is 11.2. The SMILES string of the molecule is CC1CC(C(=O)O)C(C(O)c2ccc(I)cc2)C1. The molecule has 1 aromatic carbocycles. The van der Waals surface area contributed by atoms with Gasteiger partial charge in [-0.1, -0.05) is 19.1 Å². The lowest BCUT2D eigenvalue weighted by Crippen LogP contribution is -2.23. The monoisotopic (exact) mass is 360 g/mol. The Morgan fingerprint density at radius 1 is 1.33 bits per heavy atom. The number of carboxylic acid groups (broad SMARTS) is 1. The second-order valence-electron chi connectivity index (χ2n) is 5.18. The van der Waals surface area contributed by atoms with E-state index in [1.54, 1.807) is 0 Å². The number of halogens is 1. The van der Waals surface area contributed by atoms with Crippen molar-refractivity contribution in [1.82, 2.24) is 0 Å². The number of hydrogen-bond donors (Lipinski definition) is 2. The summed E-state index contributed by atoms with van der Waals surface area (Å²) in [6.07, 6.45) is 0.777. The van der Waals surface area contributed by atoms with Crippen LogP contribution in [0.25, 0.3) is 0 Å². The van der Waals surface area contributed by atoms with Crippen molar-refractivity contribution in [2.24, 2.45) is 17.8 Å². The molecule has 2 rings (SSSR count). The van der Waals surface area contributed by atoms with Crippen LogP contribution in [0, 0.1) is 21.3 Å². The summed E-state index contributed by atoms with van der Waals surface area (Å²) in [6, 6.07) is 7.64. The summed E-state index contributed by atoms with van der Waals surface area (Å²) in [5.74, 6) is -1.00. The van der Waals surface area contributed by atoms with E-state index in [1.807, 2.05) is 24.3 Å². The molecule has 0 aliphatic heterocycles. The maximum atomic E-state index is 11.2. The fourth-order valence-corrected chi connectivity index (χ4v) is 3.23. The number of hydrogen-bond acceptors (Lipinski definition) is 2. The Morgan fingerprint density at radius 3 is 2.50 bits per heavy atom. The molecule has 98 valence electrons. The fourth-order valence-electron chi connectivity index (χ4n) is 2.87. The standard InChI is InChI=1S/C14H17IO3/c1-8-6-11(12(7-8)14(17)18)13(16)9-2-4-10(15)5-3-9/h2-5,8,11-13,16H,6-7H2,1H3,(H,17,18). The van der Waals surface area contributed by atoms with Gasteiger partial charge in [0.2, 0.25) is 0 Å². The average molecular weight is 360 g/mol. The number of aliphatic hydroxyl groups excluding tert-OH is 1. The van der Waals surface area contributed by atoms with Gasteiger partial charge in [-0.3, -0.25) is 4.79 Å². The molecule has 0 spiro atoms. The van der Waals surface area contributed by atoms with Crippen molar-refractivity contribution >= 4 is 28.6 Å². The molecule has 1 saturated carbocycles. The summed E-state index contributed by atoms with van der Waals surface area (Å²) >= 11 is 2.21. The van der Waals surface area contributed by atoms with E-state index < -0.39 is 18.0 Å². The molecule has 4 heteroatoms.